The Morgan fingerprint density at radius 3 is 2.44 bits per heavy atom. The minimum Gasteiger partial charge on any atom is -0.325 e. The molecular weight excluding hydrogens is 310 g/mol. The molecule has 2 aromatic carbocycles. The SMILES string of the molecule is Cc1cccc(CN2CCN([C@H](C)C(=O)Nc3ccccc3)CC2)c1. The van der Waals surface area contributed by atoms with Crippen molar-refractivity contribution in [3.05, 3.63) is 65.7 Å². The van der Waals surface area contributed by atoms with E-state index in [1.807, 2.05) is 37.3 Å². The fraction of sp³-hybridized carbons (Fsp3) is 0.381. The number of benzene rings is 2. The largest absolute Gasteiger partial charge is 0.325 e. The van der Waals surface area contributed by atoms with Crippen LogP contribution in [0.1, 0.15) is 18.1 Å². The number of nitrogens with one attached hydrogen (secondary N) is 1. The van der Waals surface area contributed by atoms with Crippen molar-refractivity contribution in [1.29, 1.82) is 0 Å². The summed E-state index contributed by atoms with van der Waals surface area (Å²) in [5, 5.41) is 3.00. The van der Waals surface area contributed by atoms with E-state index in [-0.39, 0.29) is 11.9 Å². The first-order chi connectivity index (χ1) is 12.1. The molecule has 0 aromatic heterocycles. The third-order valence-corrected chi connectivity index (χ3v) is 4.86. The third-order valence-electron chi connectivity index (χ3n) is 4.86. The number of carbonyl (C=O) groups excluding carboxylic acids is 1. The molecule has 4 heteroatoms. The summed E-state index contributed by atoms with van der Waals surface area (Å²) < 4.78 is 0. The Kier molecular flexibility index (Phi) is 5.84. The summed E-state index contributed by atoms with van der Waals surface area (Å²) in [6.07, 6.45) is 0. The van der Waals surface area contributed by atoms with Gasteiger partial charge in [-0.2, -0.15) is 0 Å². The molecule has 2 aromatic rings. The number of piperazine rings is 1. The Morgan fingerprint density at radius 2 is 1.76 bits per heavy atom. The van der Waals surface area contributed by atoms with Crippen molar-refractivity contribution in [3.8, 4) is 0 Å². The number of amides is 1. The molecule has 0 bridgehead atoms. The summed E-state index contributed by atoms with van der Waals surface area (Å²) in [6.45, 7) is 8.96. The van der Waals surface area contributed by atoms with Crippen LogP contribution in [-0.4, -0.2) is 47.9 Å². The van der Waals surface area contributed by atoms with Gasteiger partial charge in [-0.1, -0.05) is 48.0 Å². The van der Waals surface area contributed by atoms with Crippen LogP contribution in [-0.2, 0) is 11.3 Å². The fourth-order valence-electron chi connectivity index (χ4n) is 3.31. The van der Waals surface area contributed by atoms with Gasteiger partial charge in [0, 0.05) is 38.4 Å². The van der Waals surface area contributed by atoms with E-state index in [4.69, 9.17) is 0 Å². The van der Waals surface area contributed by atoms with Gasteiger partial charge in [0.05, 0.1) is 6.04 Å². The van der Waals surface area contributed by atoms with Crippen LogP contribution in [0.15, 0.2) is 54.6 Å². The van der Waals surface area contributed by atoms with Crippen molar-refractivity contribution in [2.45, 2.75) is 26.4 Å². The van der Waals surface area contributed by atoms with Crippen LogP contribution in [0.25, 0.3) is 0 Å². The summed E-state index contributed by atoms with van der Waals surface area (Å²) in [5.41, 5.74) is 3.53. The minimum atomic E-state index is -0.110. The highest BCUT2D eigenvalue weighted by Gasteiger charge is 2.25. The normalized spacial score (nSPS) is 17.2. The van der Waals surface area contributed by atoms with Crippen LogP contribution in [0.5, 0.6) is 0 Å². The Morgan fingerprint density at radius 1 is 1.04 bits per heavy atom. The van der Waals surface area contributed by atoms with E-state index in [2.05, 4.69) is 46.3 Å². The van der Waals surface area contributed by atoms with Crippen LogP contribution in [0.3, 0.4) is 0 Å². The predicted octanol–water partition coefficient (Wildman–Crippen LogP) is 3.14. The lowest BCUT2D eigenvalue weighted by molar-refractivity contribution is -0.121. The van der Waals surface area contributed by atoms with Crippen molar-refractivity contribution in [2.24, 2.45) is 0 Å². The molecule has 0 radical (unpaired) electrons. The van der Waals surface area contributed by atoms with Gasteiger partial charge in [0.25, 0.3) is 0 Å². The van der Waals surface area contributed by atoms with Crippen LogP contribution in [0.4, 0.5) is 5.69 Å². The summed E-state index contributed by atoms with van der Waals surface area (Å²) in [7, 11) is 0. The zero-order valence-electron chi connectivity index (χ0n) is 15.1. The van der Waals surface area contributed by atoms with Crippen LogP contribution >= 0.6 is 0 Å². The molecule has 1 amide bonds. The first-order valence-corrected chi connectivity index (χ1v) is 9.00. The average molecular weight is 337 g/mol. The lowest BCUT2D eigenvalue weighted by atomic mass is 10.1. The molecule has 1 heterocycles. The number of anilines is 1. The molecule has 1 saturated heterocycles. The van der Waals surface area contributed by atoms with Crippen LogP contribution < -0.4 is 5.32 Å². The Bertz CT molecular complexity index is 693. The van der Waals surface area contributed by atoms with E-state index in [0.29, 0.717) is 0 Å². The minimum absolute atomic E-state index is 0.0679. The molecule has 3 rings (SSSR count). The van der Waals surface area contributed by atoms with Gasteiger partial charge < -0.3 is 5.32 Å². The van der Waals surface area contributed by atoms with Crippen LogP contribution in [0.2, 0.25) is 0 Å². The highest BCUT2D eigenvalue weighted by molar-refractivity contribution is 5.94. The Labute approximate surface area is 150 Å². The van der Waals surface area contributed by atoms with E-state index in [0.717, 1.165) is 38.4 Å². The van der Waals surface area contributed by atoms with Gasteiger partial charge in [0.2, 0.25) is 5.91 Å². The Balaban J connectivity index is 1.48. The lowest BCUT2D eigenvalue weighted by Crippen LogP contribution is -2.52. The number of aryl methyl sites for hydroxylation is 1. The number of hydrogen-bond acceptors (Lipinski definition) is 3. The highest BCUT2D eigenvalue weighted by atomic mass is 16.2. The topological polar surface area (TPSA) is 35.6 Å². The molecule has 1 aliphatic rings. The maximum Gasteiger partial charge on any atom is 0.241 e. The number of nitrogens with zero attached hydrogens (tertiary/aromatic N) is 2. The van der Waals surface area contributed by atoms with E-state index in [9.17, 15) is 4.79 Å². The van der Waals surface area contributed by atoms with E-state index in [1.165, 1.54) is 11.1 Å². The van der Waals surface area contributed by atoms with Crippen molar-refractivity contribution < 1.29 is 4.79 Å². The second kappa shape index (κ2) is 8.28. The van der Waals surface area contributed by atoms with Crippen molar-refractivity contribution in [3.63, 3.8) is 0 Å². The maximum absolute atomic E-state index is 12.5. The number of carbonyl (C=O) groups is 1. The summed E-state index contributed by atoms with van der Waals surface area (Å²) >= 11 is 0. The first kappa shape index (κ1) is 17.6. The van der Waals surface area contributed by atoms with Gasteiger partial charge in [-0.3, -0.25) is 14.6 Å². The molecule has 132 valence electrons. The smallest absolute Gasteiger partial charge is 0.241 e. The summed E-state index contributed by atoms with van der Waals surface area (Å²) in [6, 6.07) is 18.3. The maximum atomic E-state index is 12.5. The molecule has 1 fully saturated rings. The number of rotatable bonds is 5. The molecule has 25 heavy (non-hydrogen) atoms. The number of hydrogen-bond donors (Lipinski definition) is 1. The second-order valence-electron chi connectivity index (χ2n) is 6.83. The first-order valence-electron chi connectivity index (χ1n) is 9.00. The van der Waals surface area contributed by atoms with Gasteiger partial charge >= 0.3 is 0 Å². The molecule has 0 unspecified atom stereocenters. The molecule has 0 aliphatic carbocycles. The molecule has 0 spiro atoms. The zero-order chi connectivity index (χ0) is 17.6. The van der Waals surface area contributed by atoms with E-state index < -0.39 is 0 Å². The second-order valence-corrected chi connectivity index (χ2v) is 6.83. The van der Waals surface area contributed by atoms with E-state index >= 15 is 0 Å². The lowest BCUT2D eigenvalue weighted by Gasteiger charge is -2.37. The molecule has 1 atom stereocenters. The fourth-order valence-corrected chi connectivity index (χ4v) is 3.31. The van der Waals surface area contributed by atoms with Crippen LogP contribution in [0, 0.1) is 6.92 Å². The summed E-state index contributed by atoms with van der Waals surface area (Å²) in [5.74, 6) is 0.0679. The molecule has 4 nitrogen and oxygen atoms in total. The molecule has 1 N–H and O–H groups in total. The molecule has 1 aliphatic heterocycles. The van der Waals surface area contributed by atoms with E-state index in [1.54, 1.807) is 0 Å². The van der Waals surface area contributed by atoms with Crippen molar-refractivity contribution in [2.75, 3.05) is 31.5 Å². The van der Waals surface area contributed by atoms with Crippen molar-refractivity contribution >= 4 is 11.6 Å². The van der Waals surface area contributed by atoms with Gasteiger partial charge in [-0.25, -0.2) is 0 Å². The molecule has 0 saturated carbocycles. The monoisotopic (exact) mass is 337 g/mol. The van der Waals surface area contributed by atoms with Gasteiger partial charge in [-0.15, -0.1) is 0 Å². The highest BCUT2D eigenvalue weighted by Crippen LogP contribution is 2.13. The van der Waals surface area contributed by atoms with Gasteiger partial charge in [-0.05, 0) is 31.5 Å². The number of para-hydroxylation sites is 1. The Hall–Kier alpha value is -2.17. The summed E-state index contributed by atoms with van der Waals surface area (Å²) in [4.78, 5) is 17.2. The standard InChI is InChI=1S/C21H27N3O/c1-17-7-6-8-19(15-17)16-23-11-13-24(14-12-23)18(2)21(25)22-20-9-4-3-5-10-20/h3-10,15,18H,11-14,16H2,1-2H3,(H,22,25)/t18-/m1/s1. The van der Waals surface area contributed by atoms with Crippen molar-refractivity contribution in [1.82, 2.24) is 9.80 Å². The van der Waals surface area contributed by atoms with Gasteiger partial charge in [0.15, 0.2) is 0 Å². The zero-order valence-corrected chi connectivity index (χ0v) is 15.1. The quantitative estimate of drug-likeness (QED) is 0.910. The predicted molar refractivity (Wildman–Crippen MR) is 103 cm³/mol. The average Bonchev–Trinajstić information content (AvgIpc) is 2.62. The third kappa shape index (κ3) is 4.91. The van der Waals surface area contributed by atoms with Gasteiger partial charge in [0.1, 0.15) is 0 Å². The molecular formula is C21H27N3O.